The number of aryl methyl sites for hydroxylation is 1. The van der Waals surface area contributed by atoms with E-state index < -0.39 is 0 Å². The van der Waals surface area contributed by atoms with Gasteiger partial charge in [0.2, 0.25) is 0 Å². The van der Waals surface area contributed by atoms with Gasteiger partial charge in [0.25, 0.3) is 0 Å². The van der Waals surface area contributed by atoms with Gasteiger partial charge in [-0.15, -0.1) is 0 Å². The molecule has 0 unspecified atom stereocenters. The van der Waals surface area contributed by atoms with Crippen LogP contribution in [0.1, 0.15) is 5.56 Å². The van der Waals surface area contributed by atoms with Crippen molar-refractivity contribution in [3.8, 4) is 0 Å². The van der Waals surface area contributed by atoms with Crippen molar-refractivity contribution in [2.24, 2.45) is 0 Å². The van der Waals surface area contributed by atoms with Crippen molar-refractivity contribution in [2.45, 2.75) is 6.92 Å². The van der Waals surface area contributed by atoms with Crippen LogP contribution in [-0.2, 0) is 0 Å². The second-order valence-electron chi connectivity index (χ2n) is 3.25. The molecule has 0 saturated carbocycles. The van der Waals surface area contributed by atoms with Gasteiger partial charge in [0, 0.05) is 17.8 Å². The Labute approximate surface area is 116 Å². The second kappa shape index (κ2) is 6.58. The molecule has 4 N–H and O–H groups in total. The topological polar surface area (TPSA) is 48.1 Å². The smallest absolute Gasteiger partial charge is 0.189 e. The van der Waals surface area contributed by atoms with E-state index in [0.29, 0.717) is 15.2 Å². The van der Waals surface area contributed by atoms with Crippen LogP contribution in [-0.4, -0.2) is 17.3 Å². The van der Waals surface area contributed by atoms with Crippen LogP contribution in [0.4, 0.5) is 5.69 Å². The average Bonchev–Trinajstić information content (AvgIpc) is 2.31. The normalized spacial score (nSPS) is 9.35. The highest BCUT2D eigenvalue weighted by Gasteiger charge is 2.00. The molecule has 0 spiro atoms. The van der Waals surface area contributed by atoms with E-state index in [2.05, 4.69) is 21.5 Å². The summed E-state index contributed by atoms with van der Waals surface area (Å²) in [5, 5.41) is 7.28. The summed E-state index contributed by atoms with van der Waals surface area (Å²) in [6, 6.07) is 5.62. The Balaban J connectivity index is 2.50. The monoisotopic (exact) mass is 288 g/mol. The molecule has 17 heavy (non-hydrogen) atoms. The highest BCUT2D eigenvalue weighted by Crippen LogP contribution is 2.19. The molecule has 1 aromatic carbocycles. The lowest BCUT2D eigenvalue weighted by Crippen LogP contribution is -2.47. The van der Waals surface area contributed by atoms with Gasteiger partial charge in [0.15, 0.2) is 10.2 Å². The molecule has 0 radical (unpaired) electrons. The van der Waals surface area contributed by atoms with Crippen LogP contribution in [0, 0.1) is 6.92 Å². The number of hydrogen-bond donors (Lipinski definition) is 4. The zero-order valence-electron chi connectivity index (χ0n) is 9.43. The summed E-state index contributed by atoms with van der Waals surface area (Å²) in [5.74, 6) is 0. The van der Waals surface area contributed by atoms with Crippen molar-refractivity contribution in [2.75, 3.05) is 12.4 Å². The number of halogens is 1. The number of anilines is 1. The van der Waals surface area contributed by atoms with Gasteiger partial charge in [0.05, 0.1) is 0 Å². The Morgan fingerprint density at radius 1 is 1.18 bits per heavy atom. The van der Waals surface area contributed by atoms with Crippen molar-refractivity contribution in [3.05, 3.63) is 28.8 Å². The Bertz CT molecular complexity index is 436. The number of nitrogens with one attached hydrogen (secondary N) is 4. The molecule has 0 heterocycles. The molecule has 0 atom stereocenters. The fraction of sp³-hybridized carbons (Fsp3) is 0.200. The fourth-order valence-electron chi connectivity index (χ4n) is 1.01. The molecule has 4 nitrogen and oxygen atoms in total. The number of rotatable bonds is 1. The van der Waals surface area contributed by atoms with Gasteiger partial charge < -0.3 is 10.6 Å². The lowest BCUT2D eigenvalue weighted by molar-refractivity contribution is 0.853. The SMILES string of the molecule is CNC(=S)NNC(=S)Nc1ccc(C)c(Cl)c1. The molecule has 0 bridgehead atoms. The van der Waals surface area contributed by atoms with E-state index in [-0.39, 0.29) is 0 Å². The first-order valence-corrected chi connectivity index (χ1v) is 6.03. The standard InChI is InChI=1S/C10H13ClN4S2/c1-6-3-4-7(5-8(6)11)13-10(17)15-14-9(16)12-2/h3-5H,1-2H3,(H2,12,14,16)(H2,13,15,17). The van der Waals surface area contributed by atoms with Gasteiger partial charge in [0.1, 0.15) is 0 Å². The minimum absolute atomic E-state index is 0.405. The Morgan fingerprint density at radius 3 is 2.41 bits per heavy atom. The van der Waals surface area contributed by atoms with Gasteiger partial charge in [-0.1, -0.05) is 17.7 Å². The minimum atomic E-state index is 0.405. The highest BCUT2D eigenvalue weighted by molar-refractivity contribution is 7.80. The molecule has 0 aliphatic rings. The molecular formula is C10H13ClN4S2. The van der Waals surface area contributed by atoms with Crippen molar-refractivity contribution < 1.29 is 0 Å². The second-order valence-corrected chi connectivity index (χ2v) is 4.47. The zero-order chi connectivity index (χ0) is 12.8. The van der Waals surface area contributed by atoms with Crippen LogP contribution in [0.2, 0.25) is 5.02 Å². The van der Waals surface area contributed by atoms with Gasteiger partial charge in [-0.05, 0) is 49.1 Å². The summed E-state index contributed by atoms with van der Waals surface area (Å²) in [5.41, 5.74) is 7.29. The minimum Gasteiger partial charge on any atom is -0.364 e. The molecule has 1 rings (SSSR count). The van der Waals surface area contributed by atoms with Crippen LogP contribution in [0.3, 0.4) is 0 Å². The number of thiocarbonyl (C=S) groups is 2. The molecule has 0 saturated heterocycles. The van der Waals surface area contributed by atoms with E-state index in [1.165, 1.54) is 0 Å². The maximum absolute atomic E-state index is 6.00. The first-order valence-electron chi connectivity index (χ1n) is 4.84. The van der Waals surface area contributed by atoms with E-state index in [9.17, 15) is 0 Å². The Hall–Kier alpha value is -1.11. The summed E-state index contributed by atoms with van der Waals surface area (Å²) >= 11 is 15.9. The van der Waals surface area contributed by atoms with Gasteiger partial charge in [-0.2, -0.15) is 0 Å². The van der Waals surface area contributed by atoms with Crippen LogP contribution in [0.5, 0.6) is 0 Å². The molecule has 0 amide bonds. The van der Waals surface area contributed by atoms with Crippen LogP contribution in [0.15, 0.2) is 18.2 Å². The largest absolute Gasteiger partial charge is 0.364 e. The van der Waals surface area contributed by atoms with Crippen molar-refractivity contribution >= 4 is 51.9 Å². The Kier molecular flexibility index (Phi) is 5.40. The van der Waals surface area contributed by atoms with Crippen molar-refractivity contribution in [1.82, 2.24) is 16.2 Å². The van der Waals surface area contributed by atoms with Gasteiger partial charge >= 0.3 is 0 Å². The maximum atomic E-state index is 6.00. The first kappa shape index (κ1) is 14.0. The quantitative estimate of drug-likeness (QED) is 0.468. The third-order valence-corrected chi connectivity index (χ3v) is 2.86. The van der Waals surface area contributed by atoms with Gasteiger partial charge in [-0.25, -0.2) is 0 Å². The molecule has 92 valence electrons. The summed E-state index contributed by atoms with van der Waals surface area (Å²) < 4.78 is 0. The van der Waals surface area contributed by atoms with Crippen molar-refractivity contribution in [3.63, 3.8) is 0 Å². The number of hydrogen-bond acceptors (Lipinski definition) is 2. The van der Waals surface area contributed by atoms with Crippen LogP contribution < -0.4 is 21.5 Å². The third kappa shape index (κ3) is 4.72. The Morgan fingerprint density at radius 2 is 1.82 bits per heavy atom. The van der Waals surface area contributed by atoms with E-state index in [0.717, 1.165) is 11.3 Å². The summed E-state index contributed by atoms with van der Waals surface area (Å²) in [7, 11) is 1.72. The predicted octanol–water partition coefficient (Wildman–Crippen LogP) is 1.94. The molecule has 7 heteroatoms. The van der Waals surface area contributed by atoms with E-state index in [4.69, 9.17) is 36.0 Å². The molecule has 0 aliphatic carbocycles. The van der Waals surface area contributed by atoms with Gasteiger partial charge in [-0.3, -0.25) is 10.9 Å². The number of benzene rings is 1. The third-order valence-electron chi connectivity index (χ3n) is 1.95. The van der Waals surface area contributed by atoms with Crippen LogP contribution >= 0.6 is 36.0 Å². The van der Waals surface area contributed by atoms with Crippen LogP contribution in [0.25, 0.3) is 0 Å². The average molecular weight is 289 g/mol. The fourth-order valence-corrected chi connectivity index (χ4v) is 1.41. The predicted molar refractivity (Wildman–Crippen MR) is 80.3 cm³/mol. The molecule has 0 aliphatic heterocycles. The van der Waals surface area contributed by atoms with E-state index in [1.54, 1.807) is 13.1 Å². The molecule has 0 aromatic heterocycles. The lowest BCUT2D eigenvalue weighted by Gasteiger charge is -2.13. The summed E-state index contributed by atoms with van der Waals surface area (Å²) in [4.78, 5) is 0. The molecule has 1 aromatic rings. The summed E-state index contributed by atoms with van der Waals surface area (Å²) in [6.45, 7) is 1.94. The number of hydrazine groups is 1. The van der Waals surface area contributed by atoms with Crippen molar-refractivity contribution in [1.29, 1.82) is 0 Å². The lowest BCUT2D eigenvalue weighted by atomic mass is 10.2. The van der Waals surface area contributed by atoms with E-state index >= 15 is 0 Å². The maximum Gasteiger partial charge on any atom is 0.189 e. The summed E-state index contributed by atoms with van der Waals surface area (Å²) in [6.07, 6.45) is 0. The molecule has 0 fully saturated rings. The zero-order valence-corrected chi connectivity index (χ0v) is 11.8. The highest BCUT2D eigenvalue weighted by atomic mass is 35.5. The first-order chi connectivity index (χ1) is 8.02. The molecular weight excluding hydrogens is 276 g/mol. The van der Waals surface area contributed by atoms with E-state index in [1.807, 2.05) is 19.1 Å².